The number of nitrogens with zero attached hydrogens (tertiary/aromatic N) is 4. The van der Waals surface area contributed by atoms with Crippen molar-refractivity contribution in [3.05, 3.63) is 54.2 Å². The van der Waals surface area contributed by atoms with Gasteiger partial charge in [-0.3, -0.25) is 9.79 Å². The summed E-state index contributed by atoms with van der Waals surface area (Å²) in [5.41, 5.74) is 1.02. The van der Waals surface area contributed by atoms with E-state index in [0.717, 1.165) is 49.3 Å². The van der Waals surface area contributed by atoms with Gasteiger partial charge in [-0.2, -0.15) is 0 Å². The van der Waals surface area contributed by atoms with Gasteiger partial charge in [0.05, 0.1) is 13.7 Å². The summed E-state index contributed by atoms with van der Waals surface area (Å²) >= 11 is 0. The van der Waals surface area contributed by atoms with Crippen LogP contribution in [-0.4, -0.2) is 68.6 Å². The first-order valence-corrected chi connectivity index (χ1v) is 9.71. The molecule has 0 unspecified atom stereocenters. The van der Waals surface area contributed by atoms with Crippen LogP contribution in [0.25, 0.3) is 0 Å². The molecule has 0 atom stereocenters. The zero-order chi connectivity index (χ0) is 20.5. The number of guanidine groups is 1. The molecule has 8 nitrogen and oxygen atoms in total. The van der Waals surface area contributed by atoms with E-state index in [1.165, 1.54) is 0 Å². The maximum absolute atomic E-state index is 12.2. The van der Waals surface area contributed by atoms with E-state index in [9.17, 15) is 4.79 Å². The molecule has 1 aliphatic rings. The topological polar surface area (TPSA) is 82.1 Å². The van der Waals surface area contributed by atoms with Gasteiger partial charge in [0.25, 0.3) is 0 Å². The van der Waals surface area contributed by atoms with Crippen LogP contribution in [0.1, 0.15) is 5.56 Å². The van der Waals surface area contributed by atoms with E-state index in [1.807, 2.05) is 48.7 Å². The van der Waals surface area contributed by atoms with E-state index in [0.29, 0.717) is 6.54 Å². The van der Waals surface area contributed by atoms with Crippen molar-refractivity contribution in [2.45, 2.75) is 6.54 Å². The van der Waals surface area contributed by atoms with Crippen LogP contribution in [0.2, 0.25) is 0 Å². The molecule has 0 bridgehead atoms. The summed E-state index contributed by atoms with van der Waals surface area (Å²) in [7, 11) is 3.37. The van der Waals surface area contributed by atoms with Gasteiger partial charge in [0.2, 0.25) is 5.91 Å². The average Bonchev–Trinajstić information content (AvgIpc) is 2.79. The second-order valence-electron chi connectivity index (χ2n) is 6.69. The maximum atomic E-state index is 12.2. The lowest BCUT2D eigenvalue weighted by atomic mass is 10.2. The first-order valence-electron chi connectivity index (χ1n) is 9.71. The fourth-order valence-electron chi connectivity index (χ4n) is 3.19. The predicted octanol–water partition coefficient (Wildman–Crippen LogP) is 1.72. The van der Waals surface area contributed by atoms with Crippen molar-refractivity contribution in [3.63, 3.8) is 0 Å². The lowest BCUT2D eigenvalue weighted by molar-refractivity contribution is -0.120. The molecule has 0 radical (unpaired) electrons. The van der Waals surface area contributed by atoms with Crippen LogP contribution in [0.3, 0.4) is 0 Å². The van der Waals surface area contributed by atoms with Gasteiger partial charge >= 0.3 is 0 Å². The summed E-state index contributed by atoms with van der Waals surface area (Å²) in [5.74, 6) is 2.46. The second-order valence-corrected chi connectivity index (χ2v) is 6.69. The number of hydrogen-bond donors (Lipinski definition) is 2. The highest BCUT2D eigenvalue weighted by atomic mass is 127. The van der Waals surface area contributed by atoms with E-state index in [-0.39, 0.29) is 36.4 Å². The fraction of sp³-hybridized carbons (Fsp3) is 0.381. The Morgan fingerprint density at radius 3 is 2.43 bits per heavy atom. The van der Waals surface area contributed by atoms with Gasteiger partial charge < -0.3 is 25.2 Å². The smallest absolute Gasteiger partial charge is 0.239 e. The fourth-order valence-corrected chi connectivity index (χ4v) is 3.19. The van der Waals surface area contributed by atoms with Crippen LogP contribution in [0, 0.1) is 0 Å². The van der Waals surface area contributed by atoms with Crippen LogP contribution < -0.4 is 20.3 Å². The van der Waals surface area contributed by atoms with Crippen molar-refractivity contribution in [1.29, 1.82) is 0 Å². The van der Waals surface area contributed by atoms with Crippen molar-refractivity contribution < 1.29 is 9.53 Å². The van der Waals surface area contributed by atoms with Crippen LogP contribution in [0.4, 0.5) is 5.82 Å². The van der Waals surface area contributed by atoms with Crippen molar-refractivity contribution >= 4 is 41.7 Å². The largest absolute Gasteiger partial charge is 0.497 e. The molecule has 1 amide bonds. The monoisotopic (exact) mass is 524 g/mol. The number of ether oxygens (including phenoxy) is 1. The number of halogens is 1. The third kappa shape index (κ3) is 6.75. The lowest BCUT2D eigenvalue weighted by Gasteiger charge is -2.37. The van der Waals surface area contributed by atoms with Gasteiger partial charge in [-0.05, 0) is 29.8 Å². The summed E-state index contributed by atoms with van der Waals surface area (Å²) in [6, 6.07) is 13.6. The number of hydrogen-bond acceptors (Lipinski definition) is 5. The van der Waals surface area contributed by atoms with E-state index in [2.05, 4.69) is 30.4 Å². The summed E-state index contributed by atoms with van der Waals surface area (Å²) in [5, 5.41) is 6.07. The summed E-state index contributed by atoms with van der Waals surface area (Å²) in [4.78, 5) is 25.3. The Labute approximate surface area is 194 Å². The lowest BCUT2D eigenvalue weighted by Crippen LogP contribution is -2.53. The van der Waals surface area contributed by atoms with Gasteiger partial charge in [0, 0.05) is 46.0 Å². The Kier molecular flexibility index (Phi) is 9.65. The van der Waals surface area contributed by atoms with Crippen LogP contribution in [0.5, 0.6) is 5.75 Å². The molecule has 0 aliphatic carbocycles. The number of piperazine rings is 1. The average molecular weight is 524 g/mol. The number of benzene rings is 1. The minimum Gasteiger partial charge on any atom is -0.497 e. The van der Waals surface area contributed by atoms with Crippen LogP contribution in [0.15, 0.2) is 53.7 Å². The summed E-state index contributed by atoms with van der Waals surface area (Å²) in [6.45, 7) is 4.03. The predicted molar refractivity (Wildman–Crippen MR) is 130 cm³/mol. The Morgan fingerprint density at radius 2 is 1.83 bits per heavy atom. The molecule has 1 aliphatic heterocycles. The van der Waals surface area contributed by atoms with Crippen molar-refractivity contribution in [1.82, 2.24) is 20.5 Å². The molecule has 1 fully saturated rings. The summed E-state index contributed by atoms with van der Waals surface area (Å²) in [6.07, 6.45) is 1.81. The number of anilines is 1. The number of carbonyl (C=O) groups excluding carboxylic acids is 1. The molecule has 30 heavy (non-hydrogen) atoms. The number of methoxy groups -OCH3 is 1. The third-order valence-corrected chi connectivity index (χ3v) is 4.82. The molecule has 0 spiro atoms. The molecule has 1 aromatic heterocycles. The molecule has 2 aromatic rings. The zero-order valence-electron chi connectivity index (χ0n) is 17.4. The van der Waals surface area contributed by atoms with E-state index in [4.69, 9.17) is 4.74 Å². The molecule has 1 saturated heterocycles. The van der Waals surface area contributed by atoms with E-state index in [1.54, 1.807) is 14.2 Å². The minimum atomic E-state index is -0.0749. The number of nitrogens with one attached hydrogen (secondary N) is 2. The Balaban J connectivity index is 0.00000320. The number of carbonyl (C=O) groups is 1. The molecule has 9 heteroatoms. The molecular formula is C21H29IN6O2. The highest BCUT2D eigenvalue weighted by molar-refractivity contribution is 14.0. The molecule has 2 heterocycles. The zero-order valence-corrected chi connectivity index (χ0v) is 19.7. The van der Waals surface area contributed by atoms with Gasteiger partial charge in [0.1, 0.15) is 11.6 Å². The third-order valence-electron chi connectivity index (χ3n) is 4.82. The molecule has 3 rings (SSSR count). The van der Waals surface area contributed by atoms with Gasteiger partial charge in [-0.15, -0.1) is 24.0 Å². The van der Waals surface area contributed by atoms with Gasteiger partial charge in [-0.25, -0.2) is 4.98 Å². The second kappa shape index (κ2) is 12.2. The molecule has 1 aromatic carbocycles. The van der Waals surface area contributed by atoms with Gasteiger partial charge in [-0.1, -0.05) is 18.2 Å². The highest BCUT2D eigenvalue weighted by Crippen LogP contribution is 2.13. The Morgan fingerprint density at radius 1 is 1.10 bits per heavy atom. The van der Waals surface area contributed by atoms with Crippen molar-refractivity contribution in [2.75, 3.05) is 51.8 Å². The Hall–Kier alpha value is -2.56. The molecule has 162 valence electrons. The number of amides is 1. The standard InChI is InChI=1S/C21H28N6O2.HI/c1-22-21(27-13-11-26(12-14-27)19-5-3-4-10-23-19)25-16-20(28)24-15-17-6-8-18(29-2)9-7-17;/h3-10H,11-16H2,1-2H3,(H,22,25)(H,24,28);1H. The van der Waals surface area contributed by atoms with Crippen molar-refractivity contribution in [2.24, 2.45) is 4.99 Å². The number of aromatic nitrogens is 1. The minimum absolute atomic E-state index is 0. The quantitative estimate of drug-likeness (QED) is 0.341. The van der Waals surface area contributed by atoms with Crippen molar-refractivity contribution in [3.8, 4) is 5.75 Å². The molecular weight excluding hydrogens is 495 g/mol. The SMILES string of the molecule is CN=C(NCC(=O)NCc1ccc(OC)cc1)N1CCN(c2ccccn2)CC1.I. The first kappa shape index (κ1) is 23.7. The van der Waals surface area contributed by atoms with E-state index < -0.39 is 0 Å². The van der Waals surface area contributed by atoms with Crippen LogP contribution in [-0.2, 0) is 11.3 Å². The van der Waals surface area contributed by atoms with Gasteiger partial charge in [0.15, 0.2) is 5.96 Å². The number of rotatable bonds is 6. The summed E-state index contributed by atoms with van der Waals surface area (Å²) < 4.78 is 5.14. The number of pyridine rings is 1. The number of aliphatic imine (C=N–C) groups is 1. The first-order chi connectivity index (χ1) is 14.2. The van der Waals surface area contributed by atoms with Crippen LogP contribution >= 0.6 is 24.0 Å². The maximum Gasteiger partial charge on any atom is 0.239 e. The highest BCUT2D eigenvalue weighted by Gasteiger charge is 2.20. The molecule has 0 saturated carbocycles. The van der Waals surface area contributed by atoms with E-state index >= 15 is 0 Å². The molecule has 2 N–H and O–H groups in total. The Bertz CT molecular complexity index is 808. The normalized spacial score (nSPS) is 14.0.